The third-order valence-electron chi connectivity index (χ3n) is 11.2. The minimum Gasteiger partial charge on any atom is -0.350 e. The van der Waals surface area contributed by atoms with Crippen molar-refractivity contribution in [3.8, 4) is 11.1 Å². The maximum absolute atomic E-state index is 14.3. The van der Waals surface area contributed by atoms with Crippen LogP contribution in [0.4, 0.5) is 4.39 Å². The average molecular weight is 604 g/mol. The van der Waals surface area contributed by atoms with Crippen LogP contribution in [0.25, 0.3) is 17.2 Å². The fourth-order valence-electron chi connectivity index (χ4n) is 8.22. The van der Waals surface area contributed by atoms with Gasteiger partial charge in [0.1, 0.15) is 5.82 Å². The van der Waals surface area contributed by atoms with Gasteiger partial charge in [0.25, 0.3) is 5.91 Å². The zero-order valence-electron chi connectivity index (χ0n) is 25.6. The maximum atomic E-state index is 14.3. The second kappa shape index (κ2) is 10.8. The SMILES string of the molecule is CCC1(CNC(=O)c2nncc3c2C(/C=C/c2ccc(-c4cccc(F)c4)cn2)C2=C(CC4(CCCC4)CC2=O)C2NC32)CC1. The summed E-state index contributed by atoms with van der Waals surface area (Å²) in [7, 11) is 0. The smallest absolute Gasteiger partial charge is 0.272 e. The van der Waals surface area contributed by atoms with Crippen LogP contribution in [0.15, 0.2) is 66.0 Å². The maximum Gasteiger partial charge on any atom is 0.272 e. The third-order valence-corrected chi connectivity index (χ3v) is 11.2. The van der Waals surface area contributed by atoms with E-state index in [2.05, 4.69) is 32.7 Å². The second-order valence-corrected chi connectivity index (χ2v) is 14.0. The zero-order valence-corrected chi connectivity index (χ0v) is 25.6. The van der Waals surface area contributed by atoms with Crippen LogP contribution in [-0.4, -0.2) is 39.5 Å². The molecule has 3 aromatic rings. The van der Waals surface area contributed by atoms with E-state index in [1.807, 2.05) is 30.4 Å². The molecule has 3 fully saturated rings. The Bertz CT molecular complexity index is 1750. The predicted octanol–water partition coefficient (Wildman–Crippen LogP) is 6.64. The van der Waals surface area contributed by atoms with Gasteiger partial charge in [0.05, 0.1) is 17.9 Å². The zero-order chi connectivity index (χ0) is 30.8. The highest BCUT2D eigenvalue weighted by atomic mass is 19.1. The van der Waals surface area contributed by atoms with Gasteiger partial charge in [-0.2, -0.15) is 5.10 Å². The van der Waals surface area contributed by atoms with Gasteiger partial charge in [0.2, 0.25) is 0 Å². The number of pyridine rings is 1. The minimum atomic E-state index is -0.433. The molecule has 2 aromatic heterocycles. The van der Waals surface area contributed by atoms with E-state index >= 15 is 0 Å². The van der Waals surface area contributed by atoms with Crippen molar-refractivity contribution in [2.24, 2.45) is 10.8 Å². The molecule has 5 aliphatic rings. The van der Waals surface area contributed by atoms with Gasteiger partial charge >= 0.3 is 0 Å². The van der Waals surface area contributed by atoms with Crippen molar-refractivity contribution in [2.45, 2.75) is 82.7 Å². The van der Waals surface area contributed by atoms with Crippen LogP contribution < -0.4 is 10.6 Å². The number of benzene rings is 1. The number of nitrogens with zero attached hydrogens (tertiary/aromatic N) is 3. The van der Waals surface area contributed by atoms with Crippen LogP contribution in [0.3, 0.4) is 0 Å². The van der Waals surface area contributed by atoms with E-state index in [-0.39, 0.29) is 40.4 Å². The lowest BCUT2D eigenvalue weighted by Gasteiger charge is -2.37. The lowest BCUT2D eigenvalue weighted by Crippen LogP contribution is -2.34. The summed E-state index contributed by atoms with van der Waals surface area (Å²) in [6.45, 7) is 2.79. The highest BCUT2D eigenvalue weighted by Gasteiger charge is 2.54. The number of halogens is 1. The third kappa shape index (κ3) is 5.13. The first-order valence-corrected chi connectivity index (χ1v) is 16.4. The summed E-state index contributed by atoms with van der Waals surface area (Å²) >= 11 is 0. The first-order chi connectivity index (χ1) is 21.9. The van der Waals surface area contributed by atoms with E-state index in [0.29, 0.717) is 24.4 Å². The molecule has 4 aliphatic carbocycles. The summed E-state index contributed by atoms with van der Waals surface area (Å²) in [6.07, 6.45) is 16.8. The normalized spacial score (nSPS) is 25.5. The fraction of sp³-hybridized carbons (Fsp3) is 0.432. The summed E-state index contributed by atoms with van der Waals surface area (Å²) in [5, 5.41) is 15.5. The minimum absolute atomic E-state index is 0.0175. The highest BCUT2D eigenvalue weighted by Crippen LogP contribution is 2.57. The molecule has 1 aromatic carbocycles. The summed E-state index contributed by atoms with van der Waals surface area (Å²) in [6, 6.07) is 10.4. The van der Waals surface area contributed by atoms with Crippen molar-refractivity contribution < 1.29 is 14.0 Å². The lowest BCUT2D eigenvalue weighted by atomic mass is 9.66. The molecule has 1 spiro atoms. The van der Waals surface area contributed by atoms with Crippen molar-refractivity contribution in [3.63, 3.8) is 0 Å². The number of fused-ring (bicyclic) bond motifs is 4. The molecule has 1 saturated heterocycles. The molecular weight excluding hydrogens is 565 g/mol. The van der Waals surface area contributed by atoms with Crippen LogP contribution in [0.1, 0.15) is 104 Å². The molecule has 8 rings (SSSR count). The van der Waals surface area contributed by atoms with Gasteiger partial charge in [-0.25, -0.2) is 4.39 Å². The fourth-order valence-corrected chi connectivity index (χ4v) is 8.22. The van der Waals surface area contributed by atoms with Crippen molar-refractivity contribution in [1.82, 2.24) is 25.8 Å². The molecule has 0 radical (unpaired) electrons. The van der Waals surface area contributed by atoms with Crippen molar-refractivity contribution in [1.29, 1.82) is 0 Å². The number of nitrogens with one attached hydrogen (secondary N) is 2. The number of carbonyl (C=O) groups excluding carboxylic acids is 2. The lowest BCUT2D eigenvalue weighted by molar-refractivity contribution is -0.118. The van der Waals surface area contributed by atoms with Gasteiger partial charge < -0.3 is 5.32 Å². The monoisotopic (exact) mass is 603 g/mol. The Balaban J connectivity index is 1.19. The van der Waals surface area contributed by atoms with Crippen molar-refractivity contribution in [3.05, 3.63) is 94.3 Å². The Kier molecular flexibility index (Phi) is 6.82. The summed E-state index contributed by atoms with van der Waals surface area (Å²) < 4.78 is 13.8. The van der Waals surface area contributed by atoms with Crippen molar-refractivity contribution in [2.75, 3.05) is 6.54 Å². The van der Waals surface area contributed by atoms with Crippen LogP contribution in [0.5, 0.6) is 0 Å². The Morgan fingerprint density at radius 1 is 1.07 bits per heavy atom. The number of allylic oxidation sites excluding steroid dienone is 2. The van der Waals surface area contributed by atoms with E-state index in [0.717, 1.165) is 66.4 Å². The van der Waals surface area contributed by atoms with Gasteiger partial charge in [0, 0.05) is 47.8 Å². The highest BCUT2D eigenvalue weighted by molar-refractivity contribution is 6.02. The molecule has 3 atom stereocenters. The number of Topliss-reactive ketones (excluding diaryl/α,β-unsaturated/α-hetero) is 1. The van der Waals surface area contributed by atoms with Gasteiger partial charge in [-0.05, 0) is 90.3 Å². The van der Waals surface area contributed by atoms with E-state index in [4.69, 9.17) is 0 Å². The van der Waals surface area contributed by atoms with E-state index in [9.17, 15) is 14.0 Å². The first kappa shape index (κ1) is 28.4. The Labute approximate surface area is 262 Å². The molecule has 1 amide bonds. The molecule has 3 unspecified atom stereocenters. The number of hydrogen-bond donors (Lipinski definition) is 2. The van der Waals surface area contributed by atoms with Gasteiger partial charge in [-0.15, -0.1) is 5.10 Å². The molecular formula is C37H38FN5O2. The van der Waals surface area contributed by atoms with E-state index in [1.54, 1.807) is 18.5 Å². The van der Waals surface area contributed by atoms with Crippen LogP contribution in [0.2, 0.25) is 0 Å². The predicted molar refractivity (Wildman–Crippen MR) is 170 cm³/mol. The molecule has 3 heterocycles. The summed E-state index contributed by atoms with van der Waals surface area (Å²) in [4.78, 5) is 32.7. The Morgan fingerprint density at radius 2 is 1.91 bits per heavy atom. The van der Waals surface area contributed by atoms with E-state index in [1.165, 1.54) is 30.5 Å². The molecule has 2 saturated carbocycles. The standard InChI is InChI=1S/C37H38FN5O2/c1-2-36(14-15-36)21-40-35(45)34-31-26(11-10-25-9-8-23(19-39-25)22-6-5-7-24(38)16-22)30-27(32-33(42-32)28(31)20-41-43-34)17-37(18-29(30)44)12-3-4-13-37/h5-11,16,19-20,26,32-33,42H,2-4,12-15,17-18,21H2,1H3,(H,40,45)/b11-10+. The topological polar surface area (TPSA) is 107 Å². The molecule has 230 valence electrons. The molecule has 0 bridgehead atoms. The van der Waals surface area contributed by atoms with E-state index < -0.39 is 5.92 Å². The number of carbonyl (C=O) groups is 2. The number of rotatable bonds is 7. The second-order valence-electron chi connectivity index (χ2n) is 14.0. The van der Waals surface area contributed by atoms with Gasteiger partial charge in [-0.1, -0.05) is 44.0 Å². The molecule has 2 N–H and O–H groups in total. The number of aromatic nitrogens is 3. The first-order valence-electron chi connectivity index (χ1n) is 16.4. The van der Waals surface area contributed by atoms with Gasteiger partial charge in [0.15, 0.2) is 11.5 Å². The van der Waals surface area contributed by atoms with Gasteiger partial charge in [-0.3, -0.25) is 19.9 Å². The number of ketones is 1. The summed E-state index contributed by atoms with van der Waals surface area (Å²) in [5.74, 6) is -0.764. The molecule has 8 heteroatoms. The molecule has 7 nitrogen and oxygen atoms in total. The summed E-state index contributed by atoms with van der Waals surface area (Å²) in [5.41, 5.74) is 6.58. The molecule has 1 aliphatic heterocycles. The largest absolute Gasteiger partial charge is 0.350 e. The Morgan fingerprint density at radius 3 is 2.64 bits per heavy atom. The van der Waals surface area contributed by atoms with Crippen LogP contribution in [0, 0.1) is 16.6 Å². The molecule has 45 heavy (non-hydrogen) atoms. The number of hydrogen-bond acceptors (Lipinski definition) is 6. The van der Waals surface area contributed by atoms with Crippen molar-refractivity contribution >= 4 is 17.8 Å². The number of amides is 1. The van der Waals surface area contributed by atoms with Crippen LogP contribution in [-0.2, 0) is 4.79 Å². The average Bonchev–Trinajstić information content (AvgIpc) is 3.98. The quantitative estimate of drug-likeness (QED) is 0.293. The Hall–Kier alpha value is -4.04. The van der Waals surface area contributed by atoms with Crippen LogP contribution >= 0.6 is 0 Å².